The fraction of sp³-hybridized carbons (Fsp3) is 0.432. The molecular weight excluding hydrogens is 855 g/mol. The third-order valence-electron chi connectivity index (χ3n) is 13.9. The molecule has 8 heterocycles. The van der Waals surface area contributed by atoms with Gasteiger partial charge in [0.1, 0.15) is 0 Å². The minimum absolute atomic E-state index is 0.0351. The number of fused-ring (bicyclic) bond motifs is 9. The second-order valence-electron chi connectivity index (χ2n) is 17.0. The maximum atomic E-state index is 18.4. The number of nitrogen functional groups attached to an aromatic ring is 2. The number of hydrogen-bond donors (Lipinski definition) is 2. The van der Waals surface area contributed by atoms with Crippen molar-refractivity contribution < 1.29 is 18.3 Å². The maximum absolute atomic E-state index is 18.4. The van der Waals surface area contributed by atoms with Crippen LogP contribution < -0.4 is 25.8 Å². The molecule has 1 aliphatic carbocycles. The molecule has 4 unspecified atom stereocenters. The number of rotatable bonds is 7. The molecule has 5 aromatic rings. The molecular formula is C44H44F2IN7O2S. The fourth-order valence-electron chi connectivity index (χ4n) is 10.9. The van der Waals surface area contributed by atoms with E-state index in [-0.39, 0.29) is 50.9 Å². The van der Waals surface area contributed by atoms with Gasteiger partial charge in [0.15, 0.2) is 0 Å². The van der Waals surface area contributed by atoms with E-state index in [9.17, 15) is 0 Å². The summed E-state index contributed by atoms with van der Waals surface area (Å²) in [6.45, 7) is 11.0. The summed E-state index contributed by atoms with van der Waals surface area (Å²) in [6, 6.07) is 6.38. The number of pyridine rings is 1. The number of benzene rings is 2. The van der Waals surface area contributed by atoms with Gasteiger partial charge in [-0.15, -0.1) is 6.58 Å². The first kappa shape index (κ1) is 35.9. The molecule has 0 spiro atoms. The number of nitrogens with zero attached hydrogens (tertiary/aromatic N) is 5. The molecule has 13 heteroatoms. The first-order valence-electron chi connectivity index (χ1n) is 19.9. The molecule has 6 aliphatic rings. The average Bonchev–Trinajstić information content (AvgIpc) is 4.01. The summed E-state index contributed by atoms with van der Waals surface area (Å²) in [5, 5.41) is 1.86. The quantitative estimate of drug-likeness (QED) is 0.0717. The second-order valence-corrected chi connectivity index (χ2v) is 24.4. The molecule has 0 bridgehead atoms. The molecule has 2 aromatic carbocycles. The number of halogens is 3. The number of aromatic nitrogens is 3. The van der Waals surface area contributed by atoms with Crippen molar-refractivity contribution in [3.8, 4) is 35.2 Å². The SMILES string of the molecule is C#CC[C@H]1COc2c3c(c(F)c4nc(OC[C@@]56CCCN5C[C@H](C=C)C6)nc(c24)N1C(C)c1cccnc1N)-c1ccc(F)c2sc(N)c(c12)C1CC1C1(C)CI31. The van der Waals surface area contributed by atoms with Gasteiger partial charge < -0.3 is 0 Å². The van der Waals surface area contributed by atoms with Crippen LogP contribution in [0.15, 0.2) is 43.1 Å². The van der Waals surface area contributed by atoms with Crippen molar-refractivity contribution in [2.45, 2.75) is 72.9 Å². The van der Waals surface area contributed by atoms with Crippen LogP contribution in [0.5, 0.6) is 11.8 Å². The summed E-state index contributed by atoms with van der Waals surface area (Å²) in [6.07, 6.45) is 14.1. The zero-order chi connectivity index (χ0) is 39.1. The monoisotopic (exact) mass is 899 g/mol. The summed E-state index contributed by atoms with van der Waals surface area (Å²) in [5.74, 6) is 4.59. The van der Waals surface area contributed by atoms with Crippen LogP contribution in [0.1, 0.15) is 69.0 Å². The van der Waals surface area contributed by atoms with Gasteiger partial charge in [0.05, 0.1) is 0 Å². The molecule has 3 aromatic heterocycles. The molecule has 294 valence electrons. The summed E-state index contributed by atoms with van der Waals surface area (Å²) in [4.78, 5) is 19.3. The Balaban J connectivity index is 1.19. The van der Waals surface area contributed by atoms with Crippen LogP contribution >= 0.6 is 31.2 Å². The van der Waals surface area contributed by atoms with E-state index in [2.05, 4.69) is 34.2 Å². The Hall–Kier alpha value is -4.26. The summed E-state index contributed by atoms with van der Waals surface area (Å²) in [7, 11) is 0. The van der Waals surface area contributed by atoms with Gasteiger partial charge in [-0.25, -0.2) is 0 Å². The number of nitrogens with two attached hydrogens (primary N) is 2. The predicted octanol–water partition coefficient (Wildman–Crippen LogP) is 8.69. The topological polar surface area (TPSA) is 116 Å². The number of terminal acetylenes is 1. The van der Waals surface area contributed by atoms with Gasteiger partial charge in [-0.1, -0.05) is 0 Å². The van der Waals surface area contributed by atoms with Crippen molar-refractivity contribution in [3.05, 3.63) is 69.4 Å². The standard InChI is InChI=1S/C44H44F2IN7O2S/c1-5-9-24-19-55-37-33-36(34(46)32-26-11-12-29(45)38-30(26)31(40(49)57-38)27-16-28(27)43(4)20-47(43)35(32)37)51-42(56-21-44-13-8-15-53(44)18-23(6-2)17-44)52-41(33)54(24)22(3)25-10-7-14-50-39(25)48/h1,6-7,10-12,14,22-24,27-28H,2,8-9,13,15-21,49H2,3-4H3,(H2,48,50)/t22?,23-,24+,27?,28?,43?,44+/m1/s1. The Bertz CT molecular complexity index is 2610. The normalized spacial score (nSPS) is 29.2. The molecule has 4 N–H and O–H groups in total. The van der Waals surface area contributed by atoms with Gasteiger partial charge in [0.25, 0.3) is 0 Å². The van der Waals surface area contributed by atoms with Crippen LogP contribution in [-0.2, 0) is 0 Å². The zero-order valence-corrected chi connectivity index (χ0v) is 34.9. The van der Waals surface area contributed by atoms with E-state index in [1.165, 1.54) is 17.4 Å². The zero-order valence-electron chi connectivity index (χ0n) is 32.0. The van der Waals surface area contributed by atoms with Gasteiger partial charge in [-0.3, -0.25) is 0 Å². The van der Waals surface area contributed by atoms with E-state index in [0.29, 0.717) is 68.5 Å². The van der Waals surface area contributed by atoms with Crippen LogP contribution in [0.2, 0.25) is 0 Å². The summed E-state index contributed by atoms with van der Waals surface area (Å²) in [5.41, 5.74) is 16.1. The Morgan fingerprint density at radius 2 is 2.11 bits per heavy atom. The van der Waals surface area contributed by atoms with Crippen LogP contribution in [-0.4, -0.2) is 65.6 Å². The molecule has 0 amide bonds. The van der Waals surface area contributed by atoms with Crippen molar-refractivity contribution in [1.82, 2.24) is 19.9 Å². The van der Waals surface area contributed by atoms with Crippen LogP contribution in [0.25, 0.3) is 32.1 Å². The van der Waals surface area contributed by atoms with Gasteiger partial charge in [0, 0.05) is 0 Å². The molecule has 1 saturated carbocycles. The minimum atomic E-state index is -2.14. The van der Waals surface area contributed by atoms with E-state index in [4.69, 9.17) is 37.3 Å². The summed E-state index contributed by atoms with van der Waals surface area (Å²) < 4.78 is 50.3. The Morgan fingerprint density at radius 3 is 2.91 bits per heavy atom. The van der Waals surface area contributed by atoms with Gasteiger partial charge in [-0.2, -0.15) is 0 Å². The van der Waals surface area contributed by atoms with Gasteiger partial charge in [0.2, 0.25) is 0 Å². The van der Waals surface area contributed by atoms with Crippen molar-refractivity contribution in [2.75, 3.05) is 47.1 Å². The average molecular weight is 900 g/mol. The third-order valence-corrected chi connectivity index (χ3v) is 22.8. The van der Waals surface area contributed by atoms with Crippen LogP contribution in [0.4, 0.5) is 25.4 Å². The number of ether oxygens (including phenoxy) is 2. The second kappa shape index (κ2) is 12.6. The van der Waals surface area contributed by atoms with E-state index >= 15 is 8.78 Å². The van der Waals surface area contributed by atoms with Crippen molar-refractivity contribution in [1.29, 1.82) is 0 Å². The first-order valence-corrected chi connectivity index (χ1v) is 24.4. The third kappa shape index (κ3) is 5.08. The molecule has 7 atom stereocenters. The van der Waals surface area contributed by atoms with Gasteiger partial charge >= 0.3 is 337 Å². The van der Waals surface area contributed by atoms with Gasteiger partial charge in [-0.05, 0) is 0 Å². The van der Waals surface area contributed by atoms with E-state index < -0.39 is 25.6 Å². The molecule has 0 radical (unpaired) electrons. The van der Waals surface area contributed by atoms with Crippen molar-refractivity contribution >= 4 is 68.8 Å². The molecule has 5 aliphatic heterocycles. The Morgan fingerprint density at radius 1 is 1.25 bits per heavy atom. The van der Waals surface area contributed by atoms with E-state index in [1.54, 1.807) is 12.3 Å². The van der Waals surface area contributed by atoms with Crippen LogP contribution in [0.3, 0.4) is 0 Å². The van der Waals surface area contributed by atoms with Crippen molar-refractivity contribution in [3.63, 3.8) is 0 Å². The number of hydrogen-bond acceptors (Lipinski definition) is 10. The van der Waals surface area contributed by atoms with Crippen LogP contribution in [0, 0.1) is 39.4 Å². The molecule has 57 heavy (non-hydrogen) atoms. The van der Waals surface area contributed by atoms with Crippen molar-refractivity contribution in [2.24, 2.45) is 11.8 Å². The number of thiophene rings is 1. The molecule has 4 fully saturated rings. The number of anilines is 3. The fourth-order valence-corrected chi connectivity index (χ4v) is 20.3. The van der Waals surface area contributed by atoms with E-state index in [1.807, 2.05) is 25.1 Å². The Labute approximate surface area is 341 Å². The number of alkyl halides is 2. The first-order chi connectivity index (χ1) is 27.6. The van der Waals surface area contributed by atoms with E-state index in [0.717, 1.165) is 63.3 Å². The summed E-state index contributed by atoms with van der Waals surface area (Å²) >= 11 is -0.875. The predicted molar refractivity (Wildman–Crippen MR) is 231 cm³/mol. The Kier molecular flexibility index (Phi) is 7.94. The molecule has 9 nitrogen and oxygen atoms in total. The molecule has 11 rings (SSSR count). The molecule has 3 saturated heterocycles.